The van der Waals surface area contributed by atoms with Crippen molar-refractivity contribution in [3.8, 4) is 0 Å². The standard InChI is InChI=1S/C37H61N5O7S/c1-9-23-20-37(23,28(43)29(38)44)40-30(45)26-25-24(34(25,6)7)21-42(26)31(46)27(35(8)16-12-10-13-17-35)39-32(47)41-36(18-14-11-15-19-36)22(2)50(48,49)33(3,4)5/h22-27H,9-21H2,1-8H3,(H2,38,44)(H,40,45)(H2,39,41,47)/t22-,23-,24?,25?,26-,27-,37?/m0/s1. The Morgan fingerprint density at radius 3 is 1.96 bits per heavy atom. The number of fused-ring (bicyclic) bond motifs is 1. The van der Waals surface area contributed by atoms with Crippen molar-refractivity contribution in [2.24, 2.45) is 34.3 Å². The number of amides is 5. The number of rotatable bonds is 11. The highest BCUT2D eigenvalue weighted by atomic mass is 32.2. The number of ketones is 1. The molecule has 1 aliphatic heterocycles. The average molecular weight is 720 g/mol. The highest BCUT2D eigenvalue weighted by molar-refractivity contribution is 7.93. The molecular weight excluding hydrogens is 659 g/mol. The minimum absolute atomic E-state index is 0.0637. The van der Waals surface area contributed by atoms with Crippen molar-refractivity contribution in [3.63, 3.8) is 0 Å². The third-order valence-corrected chi connectivity index (χ3v) is 16.8. The molecule has 12 nitrogen and oxygen atoms in total. The molecule has 0 aromatic carbocycles. The maximum Gasteiger partial charge on any atom is 0.315 e. The first-order chi connectivity index (χ1) is 23.1. The van der Waals surface area contributed by atoms with Gasteiger partial charge in [0.2, 0.25) is 17.6 Å². The van der Waals surface area contributed by atoms with Crippen molar-refractivity contribution in [2.45, 2.75) is 166 Å². The molecule has 0 bridgehead atoms. The molecular formula is C37H61N5O7S. The molecule has 5 rings (SSSR count). The zero-order chi connectivity index (χ0) is 37.2. The summed E-state index contributed by atoms with van der Waals surface area (Å²) in [6, 6.07) is -2.41. The van der Waals surface area contributed by atoms with Gasteiger partial charge < -0.3 is 26.6 Å². The summed E-state index contributed by atoms with van der Waals surface area (Å²) in [5.41, 5.74) is 2.27. The van der Waals surface area contributed by atoms with Crippen LogP contribution in [0.3, 0.4) is 0 Å². The van der Waals surface area contributed by atoms with Crippen LogP contribution in [0, 0.1) is 28.6 Å². The van der Waals surface area contributed by atoms with Gasteiger partial charge in [-0.3, -0.25) is 19.2 Å². The Morgan fingerprint density at radius 2 is 1.46 bits per heavy atom. The second kappa shape index (κ2) is 13.1. The van der Waals surface area contributed by atoms with Gasteiger partial charge >= 0.3 is 6.03 Å². The number of likely N-dealkylation sites (tertiary alicyclic amines) is 1. The monoisotopic (exact) mass is 719 g/mol. The van der Waals surface area contributed by atoms with E-state index in [-0.39, 0.29) is 29.1 Å². The summed E-state index contributed by atoms with van der Waals surface area (Å²) in [5.74, 6) is -3.02. The van der Waals surface area contributed by atoms with Crippen LogP contribution < -0.4 is 21.7 Å². The first-order valence-corrected chi connectivity index (χ1v) is 20.4. The smallest absolute Gasteiger partial charge is 0.315 e. The predicted molar refractivity (Wildman–Crippen MR) is 190 cm³/mol. The Kier molecular flexibility index (Phi) is 10.1. The Labute approximate surface area is 298 Å². The minimum atomic E-state index is -3.64. The zero-order valence-corrected chi connectivity index (χ0v) is 32.3. The summed E-state index contributed by atoms with van der Waals surface area (Å²) in [6.07, 6.45) is 8.70. The highest BCUT2D eigenvalue weighted by Crippen LogP contribution is 2.65. The fourth-order valence-corrected chi connectivity index (χ4v) is 12.0. The van der Waals surface area contributed by atoms with Crippen LogP contribution in [0.25, 0.3) is 0 Å². The molecule has 50 heavy (non-hydrogen) atoms. The Balaban J connectivity index is 1.44. The number of primary amides is 1. The normalized spacial score (nSPS) is 32.1. The fraction of sp³-hybridized carbons (Fsp3) is 0.865. The van der Waals surface area contributed by atoms with E-state index in [2.05, 4.69) is 29.8 Å². The summed E-state index contributed by atoms with van der Waals surface area (Å²) in [5, 5.41) is 8.23. The number of hydrogen-bond donors (Lipinski definition) is 4. The molecule has 5 amide bonds. The van der Waals surface area contributed by atoms with Crippen LogP contribution in [0.1, 0.15) is 132 Å². The quantitative estimate of drug-likeness (QED) is 0.234. The average Bonchev–Trinajstić information content (AvgIpc) is 3.80. The van der Waals surface area contributed by atoms with E-state index in [0.717, 1.165) is 38.5 Å². The predicted octanol–water partition coefficient (Wildman–Crippen LogP) is 3.75. The largest absolute Gasteiger partial charge is 0.363 e. The molecule has 0 aromatic rings. The van der Waals surface area contributed by atoms with Gasteiger partial charge in [0.1, 0.15) is 17.6 Å². The lowest BCUT2D eigenvalue weighted by atomic mass is 9.70. The van der Waals surface area contributed by atoms with Crippen molar-refractivity contribution < 1.29 is 32.4 Å². The molecule has 13 heteroatoms. The van der Waals surface area contributed by atoms with Gasteiger partial charge in [0, 0.05) is 6.54 Å². The van der Waals surface area contributed by atoms with Gasteiger partial charge in [-0.05, 0) is 88.4 Å². The lowest BCUT2D eigenvalue weighted by Crippen LogP contribution is -2.66. The van der Waals surface area contributed by atoms with Gasteiger partial charge in [-0.2, -0.15) is 0 Å². The van der Waals surface area contributed by atoms with Crippen molar-refractivity contribution in [2.75, 3.05) is 6.54 Å². The summed E-state index contributed by atoms with van der Waals surface area (Å²) < 4.78 is 26.5. The van der Waals surface area contributed by atoms with Crippen molar-refractivity contribution in [1.29, 1.82) is 0 Å². The molecule has 4 aliphatic carbocycles. The maximum absolute atomic E-state index is 14.9. The number of hydrogen-bond acceptors (Lipinski definition) is 7. The Hall–Kier alpha value is -2.70. The van der Waals surface area contributed by atoms with Crippen molar-refractivity contribution in [3.05, 3.63) is 0 Å². The summed E-state index contributed by atoms with van der Waals surface area (Å²) in [4.78, 5) is 69.8. The molecule has 1 saturated heterocycles. The van der Waals surface area contributed by atoms with Gasteiger partial charge in [-0.15, -0.1) is 0 Å². The SMILES string of the molecule is CC[C@H]1CC1(NC(=O)[C@@H]1C2C(CN1C(=O)[C@H](NC(=O)NC1([C@H](C)S(=O)(=O)C(C)(C)C)CCCCC1)C1(C)CCCCC1)C2(C)C)C(=O)C(N)=O. The van der Waals surface area contributed by atoms with Crippen molar-refractivity contribution in [1.82, 2.24) is 20.9 Å². The molecule has 0 radical (unpaired) electrons. The Bertz CT molecular complexity index is 1510. The molecule has 0 aromatic heterocycles. The molecule has 282 valence electrons. The lowest BCUT2D eigenvalue weighted by molar-refractivity contribution is -0.146. The second-order valence-corrected chi connectivity index (χ2v) is 21.1. The van der Waals surface area contributed by atoms with Gasteiger partial charge in [0.05, 0.1) is 15.5 Å². The van der Waals surface area contributed by atoms with Gasteiger partial charge in [-0.1, -0.05) is 72.6 Å². The molecule has 4 saturated carbocycles. The highest BCUT2D eigenvalue weighted by Gasteiger charge is 2.71. The van der Waals surface area contributed by atoms with E-state index in [1.807, 2.05) is 13.8 Å². The number of carbonyl (C=O) groups excluding carboxylic acids is 5. The number of Topliss-reactive ketones (excluding diaryl/α,β-unsaturated/α-hetero) is 1. The molecule has 5 fully saturated rings. The second-order valence-electron chi connectivity index (χ2n) is 18.1. The van der Waals surface area contributed by atoms with E-state index < -0.39 is 72.0 Å². The third kappa shape index (κ3) is 6.46. The molecule has 5 N–H and O–H groups in total. The van der Waals surface area contributed by atoms with Crippen LogP contribution in [-0.2, 0) is 29.0 Å². The lowest BCUT2D eigenvalue weighted by Gasteiger charge is -2.46. The minimum Gasteiger partial charge on any atom is -0.363 e. The third-order valence-electron chi connectivity index (χ3n) is 13.8. The number of nitrogens with one attached hydrogen (secondary N) is 3. The summed E-state index contributed by atoms with van der Waals surface area (Å²) in [7, 11) is -3.64. The van der Waals surface area contributed by atoms with Crippen LogP contribution in [0.4, 0.5) is 4.79 Å². The summed E-state index contributed by atoms with van der Waals surface area (Å²) >= 11 is 0. The number of sulfone groups is 1. The zero-order valence-electron chi connectivity index (χ0n) is 31.4. The van der Waals surface area contributed by atoms with E-state index in [1.165, 1.54) is 0 Å². The Morgan fingerprint density at radius 1 is 0.900 bits per heavy atom. The van der Waals surface area contributed by atoms with Crippen LogP contribution in [0.15, 0.2) is 0 Å². The van der Waals surface area contributed by atoms with Gasteiger partial charge in [0.25, 0.3) is 5.91 Å². The first-order valence-electron chi connectivity index (χ1n) is 18.9. The van der Waals surface area contributed by atoms with Crippen LogP contribution in [0.5, 0.6) is 0 Å². The van der Waals surface area contributed by atoms with Crippen LogP contribution >= 0.6 is 0 Å². The number of urea groups is 1. The van der Waals surface area contributed by atoms with E-state index in [9.17, 15) is 32.4 Å². The molecule has 7 atom stereocenters. The van der Waals surface area contributed by atoms with E-state index in [0.29, 0.717) is 45.1 Å². The van der Waals surface area contributed by atoms with Gasteiger partial charge in [-0.25, -0.2) is 13.2 Å². The van der Waals surface area contributed by atoms with Gasteiger partial charge in [0.15, 0.2) is 9.84 Å². The molecule has 1 heterocycles. The first kappa shape index (κ1) is 38.5. The van der Waals surface area contributed by atoms with E-state index in [1.54, 1.807) is 32.6 Å². The van der Waals surface area contributed by atoms with E-state index >= 15 is 0 Å². The number of carbonyl (C=O) groups is 5. The molecule has 3 unspecified atom stereocenters. The summed E-state index contributed by atoms with van der Waals surface area (Å²) in [6.45, 7) is 15.1. The molecule has 0 spiro atoms. The maximum atomic E-state index is 14.9. The number of nitrogens with two attached hydrogens (primary N) is 1. The van der Waals surface area contributed by atoms with Crippen LogP contribution in [-0.4, -0.2) is 82.6 Å². The van der Waals surface area contributed by atoms with Crippen LogP contribution in [0.2, 0.25) is 0 Å². The topological polar surface area (TPSA) is 185 Å². The molecule has 5 aliphatic rings. The van der Waals surface area contributed by atoms with E-state index in [4.69, 9.17) is 5.73 Å². The van der Waals surface area contributed by atoms with Crippen molar-refractivity contribution >= 4 is 39.4 Å². The fourth-order valence-electron chi connectivity index (χ4n) is 10.0. The number of piperidine rings is 1. The number of nitrogens with zero attached hydrogens (tertiary/aromatic N) is 1.